The monoisotopic (exact) mass is 253 g/mol. The lowest BCUT2D eigenvalue weighted by Gasteiger charge is -2.10. The van der Waals surface area contributed by atoms with Gasteiger partial charge in [-0.15, -0.1) is 0 Å². The summed E-state index contributed by atoms with van der Waals surface area (Å²) in [5.41, 5.74) is 10.8. The molecule has 2 aromatic rings. The summed E-state index contributed by atoms with van der Waals surface area (Å²) >= 11 is 0. The molecule has 2 heteroatoms. The third kappa shape index (κ3) is 2.36. The average Bonchev–Trinajstić information content (AvgIpc) is 3.16. The van der Waals surface area contributed by atoms with E-state index in [1.165, 1.54) is 16.7 Å². The minimum Gasteiger partial charge on any atom is -0.496 e. The van der Waals surface area contributed by atoms with Crippen molar-refractivity contribution in [3.05, 3.63) is 53.6 Å². The van der Waals surface area contributed by atoms with Crippen molar-refractivity contribution in [3.8, 4) is 16.9 Å². The topological polar surface area (TPSA) is 35.2 Å². The van der Waals surface area contributed by atoms with Gasteiger partial charge in [-0.05, 0) is 36.6 Å². The van der Waals surface area contributed by atoms with E-state index in [1.807, 2.05) is 6.07 Å². The van der Waals surface area contributed by atoms with Crippen molar-refractivity contribution in [2.45, 2.75) is 25.3 Å². The molecule has 0 radical (unpaired) electrons. The molecule has 3 rings (SSSR count). The van der Waals surface area contributed by atoms with Gasteiger partial charge >= 0.3 is 0 Å². The summed E-state index contributed by atoms with van der Waals surface area (Å²) in [7, 11) is 1.71. The zero-order valence-corrected chi connectivity index (χ0v) is 11.4. The summed E-state index contributed by atoms with van der Waals surface area (Å²) < 4.78 is 5.44. The molecule has 19 heavy (non-hydrogen) atoms. The average molecular weight is 253 g/mol. The summed E-state index contributed by atoms with van der Waals surface area (Å²) in [6.07, 6.45) is 1.12. The molecule has 2 N–H and O–H groups in total. The van der Waals surface area contributed by atoms with E-state index in [9.17, 15) is 0 Å². The Balaban J connectivity index is 1.95. The molecule has 2 atom stereocenters. The molecule has 0 aliphatic heterocycles. The standard InChI is InChI=1S/C17H19NO/c1-11-3-8-17(19-2)15(9-11)13-6-4-12(5-7-13)14-10-16(14)18/h3-9,14,16H,10,18H2,1-2H3/t14-,16+/m1/s1. The molecule has 0 bridgehead atoms. The van der Waals surface area contributed by atoms with Crippen LogP contribution in [-0.4, -0.2) is 13.2 Å². The Hall–Kier alpha value is -1.80. The van der Waals surface area contributed by atoms with Crippen molar-refractivity contribution in [2.24, 2.45) is 5.73 Å². The fourth-order valence-electron chi connectivity index (χ4n) is 2.56. The van der Waals surface area contributed by atoms with Gasteiger partial charge < -0.3 is 10.5 Å². The van der Waals surface area contributed by atoms with E-state index in [1.54, 1.807) is 7.11 Å². The number of hydrogen-bond donors (Lipinski definition) is 1. The van der Waals surface area contributed by atoms with Gasteiger partial charge in [0.2, 0.25) is 0 Å². The van der Waals surface area contributed by atoms with Gasteiger partial charge in [0.1, 0.15) is 5.75 Å². The lowest BCUT2D eigenvalue weighted by Crippen LogP contribution is -2.00. The number of aryl methyl sites for hydroxylation is 1. The molecule has 0 unspecified atom stereocenters. The second-order valence-corrected chi connectivity index (χ2v) is 5.33. The van der Waals surface area contributed by atoms with Crippen LogP contribution in [0.15, 0.2) is 42.5 Å². The molecule has 1 aliphatic rings. The fraction of sp³-hybridized carbons (Fsp3) is 0.294. The predicted molar refractivity (Wildman–Crippen MR) is 78.5 cm³/mol. The van der Waals surface area contributed by atoms with Gasteiger partial charge in [0.05, 0.1) is 7.11 Å². The van der Waals surface area contributed by atoms with Gasteiger partial charge in [0.15, 0.2) is 0 Å². The number of benzene rings is 2. The molecule has 0 heterocycles. The van der Waals surface area contributed by atoms with Crippen molar-refractivity contribution in [3.63, 3.8) is 0 Å². The summed E-state index contributed by atoms with van der Waals surface area (Å²) in [5, 5.41) is 0. The number of ether oxygens (including phenoxy) is 1. The lowest BCUT2D eigenvalue weighted by molar-refractivity contribution is 0.416. The zero-order valence-electron chi connectivity index (χ0n) is 11.4. The van der Waals surface area contributed by atoms with Crippen LogP contribution in [0.3, 0.4) is 0 Å². The third-order valence-corrected chi connectivity index (χ3v) is 3.84. The Labute approximate surface area is 114 Å². The van der Waals surface area contributed by atoms with E-state index in [2.05, 4.69) is 43.3 Å². The first-order chi connectivity index (χ1) is 9.19. The number of nitrogens with two attached hydrogens (primary N) is 1. The van der Waals surface area contributed by atoms with Crippen molar-refractivity contribution in [1.82, 2.24) is 0 Å². The molecule has 0 spiro atoms. The van der Waals surface area contributed by atoms with E-state index < -0.39 is 0 Å². The highest BCUT2D eigenvalue weighted by Crippen LogP contribution is 2.40. The quantitative estimate of drug-likeness (QED) is 0.908. The molecule has 98 valence electrons. The highest BCUT2D eigenvalue weighted by atomic mass is 16.5. The maximum atomic E-state index is 5.89. The van der Waals surface area contributed by atoms with Crippen molar-refractivity contribution in [2.75, 3.05) is 7.11 Å². The Morgan fingerprint density at radius 2 is 1.79 bits per heavy atom. The highest BCUT2D eigenvalue weighted by molar-refractivity contribution is 5.71. The van der Waals surface area contributed by atoms with E-state index in [0.29, 0.717) is 12.0 Å². The van der Waals surface area contributed by atoms with Gasteiger partial charge in [0, 0.05) is 17.5 Å². The number of rotatable bonds is 3. The Morgan fingerprint density at radius 3 is 2.37 bits per heavy atom. The summed E-state index contributed by atoms with van der Waals surface area (Å²) in [4.78, 5) is 0. The SMILES string of the molecule is COc1ccc(C)cc1-c1ccc([C@H]2C[C@@H]2N)cc1. The summed E-state index contributed by atoms with van der Waals surface area (Å²) in [6.45, 7) is 2.10. The van der Waals surface area contributed by atoms with E-state index in [-0.39, 0.29) is 0 Å². The van der Waals surface area contributed by atoms with Gasteiger partial charge in [-0.2, -0.15) is 0 Å². The van der Waals surface area contributed by atoms with Crippen LogP contribution >= 0.6 is 0 Å². The minimum atomic E-state index is 0.361. The van der Waals surface area contributed by atoms with Crippen molar-refractivity contribution >= 4 is 0 Å². The van der Waals surface area contributed by atoms with Crippen molar-refractivity contribution in [1.29, 1.82) is 0 Å². The van der Waals surface area contributed by atoms with Crippen LogP contribution < -0.4 is 10.5 Å². The minimum absolute atomic E-state index is 0.361. The highest BCUT2D eigenvalue weighted by Gasteiger charge is 2.34. The maximum Gasteiger partial charge on any atom is 0.126 e. The number of hydrogen-bond acceptors (Lipinski definition) is 2. The summed E-state index contributed by atoms with van der Waals surface area (Å²) in [5.74, 6) is 1.48. The van der Waals surface area contributed by atoms with Crippen LogP contribution in [0.5, 0.6) is 5.75 Å². The summed E-state index contributed by atoms with van der Waals surface area (Å²) in [6, 6.07) is 15.3. The van der Waals surface area contributed by atoms with Crippen LogP contribution in [0, 0.1) is 6.92 Å². The van der Waals surface area contributed by atoms with Gasteiger partial charge in [-0.25, -0.2) is 0 Å². The normalized spacial score (nSPS) is 21.2. The number of methoxy groups -OCH3 is 1. The maximum absolute atomic E-state index is 5.89. The van der Waals surface area contributed by atoms with Crippen LogP contribution in [0.2, 0.25) is 0 Å². The third-order valence-electron chi connectivity index (χ3n) is 3.84. The smallest absolute Gasteiger partial charge is 0.126 e. The van der Waals surface area contributed by atoms with Gasteiger partial charge in [-0.1, -0.05) is 35.9 Å². The molecule has 0 amide bonds. The van der Waals surface area contributed by atoms with Crippen molar-refractivity contribution < 1.29 is 4.74 Å². The lowest BCUT2D eigenvalue weighted by atomic mass is 10.00. The Kier molecular flexibility index (Phi) is 3.03. The second-order valence-electron chi connectivity index (χ2n) is 5.33. The van der Waals surface area contributed by atoms with Crippen LogP contribution in [-0.2, 0) is 0 Å². The second kappa shape index (κ2) is 4.71. The molecule has 1 fully saturated rings. The predicted octanol–water partition coefficient (Wildman–Crippen LogP) is 3.49. The van der Waals surface area contributed by atoms with E-state index >= 15 is 0 Å². The van der Waals surface area contributed by atoms with Crippen LogP contribution in [0.25, 0.3) is 11.1 Å². The molecule has 1 aliphatic carbocycles. The zero-order chi connectivity index (χ0) is 13.4. The first-order valence-corrected chi connectivity index (χ1v) is 6.69. The Bertz CT molecular complexity index is 589. The largest absolute Gasteiger partial charge is 0.496 e. The molecular weight excluding hydrogens is 234 g/mol. The fourth-order valence-corrected chi connectivity index (χ4v) is 2.56. The molecule has 1 saturated carbocycles. The molecule has 0 saturated heterocycles. The molecule has 2 nitrogen and oxygen atoms in total. The van der Waals surface area contributed by atoms with E-state index in [4.69, 9.17) is 10.5 Å². The molecule has 2 aromatic carbocycles. The van der Waals surface area contributed by atoms with Crippen LogP contribution in [0.4, 0.5) is 0 Å². The first kappa shape index (κ1) is 12.2. The van der Waals surface area contributed by atoms with Crippen LogP contribution in [0.1, 0.15) is 23.5 Å². The first-order valence-electron chi connectivity index (χ1n) is 6.69. The Morgan fingerprint density at radius 1 is 1.11 bits per heavy atom. The van der Waals surface area contributed by atoms with Gasteiger partial charge in [-0.3, -0.25) is 0 Å². The van der Waals surface area contributed by atoms with Gasteiger partial charge in [0.25, 0.3) is 0 Å². The van der Waals surface area contributed by atoms with E-state index in [0.717, 1.165) is 17.7 Å². The molecular formula is C17H19NO. The molecule has 0 aromatic heterocycles.